The van der Waals surface area contributed by atoms with Gasteiger partial charge in [0, 0.05) is 117 Å². The number of phenols is 3. The van der Waals surface area contributed by atoms with Gasteiger partial charge < -0.3 is 54.7 Å². The number of carbonyl (C=O) groups is 3. The Hall–Kier alpha value is -7.99. The maximum atomic E-state index is 16.1. The van der Waals surface area contributed by atoms with Gasteiger partial charge in [0.15, 0.2) is 28.5 Å². The minimum atomic E-state index is -2.12. The molecule has 5 aromatic rings. The van der Waals surface area contributed by atoms with Crippen molar-refractivity contribution in [3.8, 4) is 28.7 Å². The fourth-order valence-electron chi connectivity index (χ4n) is 13.7. The number of aromatic nitrogens is 2. The summed E-state index contributed by atoms with van der Waals surface area (Å²) in [6, 6.07) is 4.34. The summed E-state index contributed by atoms with van der Waals surface area (Å²) < 4.78 is 70.6. The minimum Gasteiger partial charge on any atom is -0.507 e. The number of hydrogen-bond donors (Lipinski definition) is 6. The number of pyridine rings is 2. The fourth-order valence-corrected chi connectivity index (χ4v) is 13.7. The highest BCUT2D eigenvalue weighted by Crippen LogP contribution is 2.56. The van der Waals surface area contributed by atoms with E-state index < -0.39 is 112 Å². The second-order valence-electron chi connectivity index (χ2n) is 25.0. The van der Waals surface area contributed by atoms with Gasteiger partial charge in [-0.1, -0.05) is 45.9 Å². The number of ether oxygens (including phenoxy) is 4. The molecule has 6 N–H and O–H groups in total. The van der Waals surface area contributed by atoms with Crippen LogP contribution in [0.3, 0.4) is 0 Å². The van der Waals surface area contributed by atoms with E-state index in [-0.39, 0.29) is 90.1 Å². The summed E-state index contributed by atoms with van der Waals surface area (Å²) >= 11 is 0. The van der Waals surface area contributed by atoms with E-state index in [2.05, 4.69) is 22.2 Å². The summed E-state index contributed by atoms with van der Waals surface area (Å²) in [4.78, 5) is 63.7. The molecule has 2 aromatic heterocycles. The zero-order valence-electron chi connectivity index (χ0n) is 51.8. The molecule has 1 amide bonds. The van der Waals surface area contributed by atoms with Crippen molar-refractivity contribution in [2.75, 3.05) is 50.6 Å². The van der Waals surface area contributed by atoms with E-state index in [1.54, 1.807) is 44.9 Å². The molecule has 3 fully saturated rings. The van der Waals surface area contributed by atoms with Gasteiger partial charge in [-0.2, -0.15) is 5.10 Å². The molecule has 2 saturated heterocycles. The molecule has 1 unspecified atom stereocenters. The average Bonchev–Trinajstić information content (AvgIpc) is 1.68. The molecular formula is C66H78F3N7O13. The van der Waals surface area contributed by atoms with Crippen molar-refractivity contribution >= 4 is 57.2 Å². The zero-order valence-corrected chi connectivity index (χ0v) is 51.8. The molecule has 5 aliphatic heterocycles. The number of aromatic hydroxyl groups is 3. The predicted octanol–water partition coefficient (Wildman–Crippen LogP) is 8.97. The molecule has 6 aliphatic rings. The molecule has 1 saturated carbocycles. The van der Waals surface area contributed by atoms with Gasteiger partial charge in [-0.3, -0.25) is 33.7 Å². The van der Waals surface area contributed by atoms with E-state index in [0.717, 1.165) is 37.5 Å². The number of anilines is 2. The van der Waals surface area contributed by atoms with Gasteiger partial charge in [-0.05, 0) is 90.1 Å². The Morgan fingerprint density at radius 3 is 2.27 bits per heavy atom. The molecule has 20 nitrogen and oxygen atoms in total. The summed E-state index contributed by atoms with van der Waals surface area (Å²) in [5.74, 6) is -11.1. The summed E-state index contributed by atoms with van der Waals surface area (Å²) in [5, 5.41) is 68.5. The molecule has 3 aromatic carbocycles. The van der Waals surface area contributed by atoms with Crippen molar-refractivity contribution < 1.29 is 72.0 Å². The lowest BCUT2D eigenvalue weighted by atomic mass is 9.78. The van der Waals surface area contributed by atoms with Crippen molar-refractivity contribution in [1.82, 2.24) is 19.5 Å². The number of amides is 1. The van der Waals surface area contributed by atoms with Crippen LogP contribution >= 0.6 is 0 Å². The van der Waals surface area contributed by atoms with Gasteiger partial charge in [0.05, 0.1) is 64.1 Å². The molecule has 0 spiro atoms. The SMILES string of the molecule is CO[C@H]1/C=C/O[C@@]2(C)Oc3c(C)c(O)c4c(O)c(c(/C=N/N5CCC(N(C)C6(C7CCN(c8nc9c(cc8F)c(=O)c(C)cn9-c8ccc(F)cc8F)C7)CC6)CC5)c(O)c4c3C2=O)NC(=O)/C(C)=C\C=C\[C@H](C)[C@H](O)[C@@H](C)[C@@H](O)[C@@H](C)[C@H](OC(C)=O)[C@@H]1C. The average molecular weight is 1230 g/mol. The van der Waals surface area contributed by atoms with Gasteiger partial charge >= 0.3 is 11.8 Å². The lowest BCUT2D eigenvalue weighted by molar-refractivity contribution is -0.160. The van der Waals surface area contributed by atoms with Gasteiger partial charge in [-0.25, -0.2) is 18.2 Å². The third-order valence-electron chi connectivity index (χ3n) is 19.3. The Balaban J connectivity index is 0.928. The Morgan fingerprint density at radius 2 is 1.61 bits per heavy atom. The first-order valence-corrected chi connectivity index (χ1v) is 30.2. The molecular weight excluding hydrogens is 1160 g/mol. The minimum absolute atomic E-state index is 0.0101. The van der Waals surface area contributed by atoms with Crippen LogP contribution in [0.25, 0.3) is 27.5 Å². The Labute approximate surface area is 513 Å². The first-order valence-electron chi connectivity index (χ1n) is 30.2. The molecule has 7 heterocycles. The molecule has 0 radical (unpaired) electrons. The number of nitrogens with zero attached hydrogens (tertiary/aromatic N) is 6. The summed E-state index contributed by atoms with van der Waals surface area (Å²) in [6.07, 6.45) is 9.86. The summed E-state index contributed by atoms with van der Waals surface area (Å²) in [6.45, 7) is 15.8. The van der Waals surface area contributed by atoms with Crippen LogP contribution in [0.2, 0.25) is 0 Å². The number of piperidine rings is 1. The monoisotopic (exact) mass is 1230 g/mol. The van der Waals surface area contributed by atoms with Crippen LogP contribution < -0.4 is 20.4 Å². The van der Waals surface area contributed by atoms with Gasteiger partial charge in [0.2, 0.25) is 0 Å². The van der Waals surface area contributed by atoms with E-state index in [4.69, 9.17) is 24.0 Å². The first kappa shape index (κ1) is 64.0. The van der Waals surface area contributed by atoms with Crippen molar-refractivity contribution in [2.45, 2.75) is 136 Å². The smallest absolute Gasteiger partial charge is 0.312 e. The number of fused-ring (bicyclic) bond motifs is 15. The summed E-state index contributed by atoms with van der Waals surface area (Å²) in [7, 11) is 3.53. The highest BCUT2D eigenvalue weighted by Gasteiger charge is 2.56. The number of methoxy groups -OCH3 is 1. The normalized spacial score (nSPS) is 28.3. The van der Waals surface area contributed by atoms with Crippen LogP contribution in [0.1, 0.15) is 108 Å². The predicted molar refractivity (Wildman–Crippen MR) is 328 cm³/mol. The number of halogens is 3. The number of hydrogen-bond acceptors (Lipinski definition) is 18. The van der Waals surface area contributed by atoms with Crippen LogP contribution in [0, 0.1) is 60.9 Å². The number of esters is 1. The fraction of sp³-hybridized carbons (Fsp3) is 0.485. The second kappa shape index (κ2) is 24.8. The number of nitrogens with one attached hydrogen (secondary N) is 1. The second-order valence-corrected chi connectivity index (χ2v) is 25.0. The van der Waals surface area contributed by atoms with Gasteiger partial charge in [0.25, 0.3) is 11.7 Å². The Bertz CT molecular complexity index is 3840. The molecule has 89 heavy (non-hydrogen) atoms. The van der Waals surface area contributed by atoms with E-state index >= 15 is 8.78 Å². The lowest BCUT2D eigenvalue weighted by Gasteiger charge is -2.42. The van der Waals surface area contributed by atoms with Crippen LogP contribution in [-0.4, -0.2) is 151 Å². The van der Waals surface area contributed by atoms with Crippen LogP contribution in [0.5, 0.6) is 23.0 Å². The number of hydrazone groups is 1. The zero-order chi connectivity index (χ0) is 64.5. The largest absolute Gasteiger partial charge is 0.507 e. The molecule has 5 bridgehead atoms. The number of rotatable bonds is 9. The number of ketones is 1. The third kappa shape index (κ3) is 11.7. The number of carbonyl (C=O) groups excluding carboxylic acids is 3. The molecule has 1 aliphatic carbocycles. The quantitative estimate of drug-likeness (QED) is 0.0348. The first-order chi connectivity index (χ1) is 42.1. The van der Waals surface area contributed by atoms with Crippen molar-refractivity contribution in [1.29, 1.82) is 0 Å². The highest BCUT2D eigenvalue weighted by atomic mass is 19.1. The number of allylic oxidation sites excluding steroid dienone is 2. The van der Waals surface area contributed by atoms with E-state index in [9.17, 15) is 49.1 Å². The molecule has 476 valence electrons. The summed E-state index contributed by atoms with van der Waals surface area (Å²) in [5.41, 5.74) is -1.03. The molecule has 23 heteroatoms. The van der Waals surface area contributed by atoms with Crippen LogP contribution in [0.15, 0.2) is 76.5 Å². The van der Waals surface area contributed by atoms with Crippen molar-refractivity contribution in [3.05, 3.63) is 117 Å². The standard InChI is InChI=1S/C66H78F3N7O13/c1-32-13-12-14-33(2)64(85)71-52-44(57(82)49-50(58(52)83)56(81)38(7)60-51(49)61(84)65(9,89-60)87-26-20-48(86-11)35(4)59(88-39(8)77)37(6)55(80)36(5)53(32)78)29-70-75-24-18-42(19-25-75)73(10)66(21-22-66)40-17-23-74(31-40)63-46(69)28-43-54(79)34(3)30-76(62(43)72-63)47-16-15-41(67)27-45(47)68/h12-16,20,26-30,32,35-37,40,42,48,53,55,59,78,80-83H,17-19,21-25,31H2,1-11H3,(H,71,85)/b13-12+,26-20+,33-14-,70-29+/t32-,35+,36+,37+,40?,48-,53-,55+,59+,65-/m0/s1. The Kier molecular flexibility index (Phi) is 17.8. The van der Waals surface area contributed by atoms with Crippen molar-refractivity contribution in [2.24, 2.45) is 34.7 Å². The number of benzene rings is 3. The maximum absolute atomic E-state index is 16.1. The van der Waals surface area contributed by atoms with Crippen LogP contribution in [0.4, 0.5) is 24.7 Å². The number of aliphatic hydroxyl groups is 2. The maximum Gasteiger partial charge on any atom is 0.312 e. The topological polar surface area (TPSA) is 258 Å². The lowest BCUT2D eigenvalue weighted by Crippen LogP contribution is -2.50. The molecule has 11 rings (SSSR count). The van der Waals surface area contributed by atoms with E-state index in [1.165, 1.54) is 83.2 Å². The molecule has 10 atom stereocenters. The van der Waals surface area contributed by atoms with E-state index in [0.29, 0.717) is 39.0 Å². The van der Waals surface area contributed by atoms with Gasteiger partial charge in [-0.15, -0.1) is 0 Å². The number of aryl methyl sites for hydroxylation is 1. The van der Waals surface area contributed by atoms with Crippen LogP contribution in [-0.2, 0) is 23.8 Å². The number of aliphatic hydroxyl groups excluding tert-OH is 2. The van der Waals surface area contributed by atoms with Gasteiger partial charge in [0.1, 0.15) is 35.0 Å². The number of phenolic OH excluding ortho intramolecular Hbond substituents is 3. The third-order valence-corrected chi connectivity index (χ3v) is 19.3. The Morgan fingerprint density at radius 1 is 0.899 bits per heavy atom. The van der Waals surface area contributed by atoms with Crippen molar-refractivity contribution in [3.63, 3.8) is 0 Å². The highest BCUT2D eigenvalue weighted by molar-refractivity contribution is 6.24. The van der Waals surface area contributed by atoms with E-state index in [1.807, 2.05) is 4.90 Å². The number of Topliss-reactive ketones (excluding diaryl/α,β-unsaturated/α-hetero) is 1.